The molecule has 0 radical (unpaired) electrons. The van der Waals surface area contributed by atoms with Crippen LogP contribution in [0.1, 0.15) is 28.8 Å². The molecule has 0 atom stereocenters. The molecule has 1 aliphatic heterocycles. The van der Waals surface area contributed by atoms with Gasteiger partial charge in [0.15, 0.2) is 5.16 Å². The number of aromatic amines is 1. The Bertz CT molecular complexity index is 914. The Kier molecular flexibility index (Phi) is 4.84. The molecule has 0 spiro atoms. The van der Waals surface area contributed by atoms with Crippen LogP contribution in [0.15, 0.2) is 47.6 Å². The van der Waals surface area contributed by atoms with Gasteiger partial charge < -0.3 is 14.6 Å². The Morgan fingerprint density at radius 1 is 1.19 bits per heavy atom. The number of nitrogens with one attached hydrogen (secondary N) is 1. The smallest absolute Gasteiger partial charge is 0.253 e. The van der Waals surface area contributed by atoms with E-state index < -0.39 is 0 Å². The maximum absolute atomic E-state index is 12.4. The van der Waals surface area contributed by atoms with E-state index in [9.17, 15) is 4.79 Å². The van der Waals surface area contributed by atoms with Gasteiger partial charge in [-0.1, -0.05) is 23.9 Å². The number of aromatic nitrogens is 2. The molecule has 1 fully saturated rings. The standard InChI is InChI=1S/C20H21N3O2S/c1-25-16-8-9-17-18(12-16)22-20(21-17)26-13-14-4-6-15(7-5-14)19(24)23-10-2-3-11-23/h4-9,12H,2-3,10-11,13H2,1H3,(H,21,22). The molecule has 6 heteroatoms. The number of nitrogens with zero attached hydrogens (tertiary/aromatic N) is 2. The fourth-order valence-electron chi connectivity index (χ4n) is 3.16. The number of carbonyl (C=O) groups is 1. The first-order valence-electron chi connectivity index (χ1n) is 8.78. The van der Waals surface area contributed by atoms with Gasteiger partial charge in [-0.2, -0.15) is 0 Å². The van der Waals surface area contributed by atoms with Crippen LogP contribution in [0, 0.1) is 0 Å². The van der Waals surface area contributed by atoms with Crippen molar-refractivity contribution in [3.8, 4) is 5.75 Å². The maximum atomic E-state index is 12.4. The quantitative estimate of drug-likeness (QED) is 0.690. The topological polar surface area (TPSA) is 58.2 Å². The molecule has 5 nitrogen and oxygen atoms in total. The largest absolute Gasteiger partial charge is 0.497 e. The molecule has 1 saturated heterocycles. The van der Waals surface area contributed by atoms with Crippen LogP contribution >= 0.6 is 11.8 Å². The van der Waals surface area contributed by atoms with Gasteiger partial charge in [-0.15, -0.1) is 0 Å². The number of methoxy groups -OCH3 is 1. The summed E-state index contributed by atoms with van der Waals surface area (Å²) in [6.45, 7) is 1.76. The molecule has 1 aromatic heterocycles. The Labute approximate surface area is 156 Å². The Morgan fingerprint density at radius 2 is 1.96 bits per heavy atom. The minimum absolute atomic E-state index is 0.146. The maximum Gasteiger partial charge on any atom is 0.253 e. The van der Waals surface area contributed by atoms with Gasteiger partial charge >= 0.3 is 0 Å². The fraction of sp³-hybridized carbons (Fsp3) is 0.300. The van der Waals surface area contributed by atoms with Gasteiger partial charge in [-0.05, 0) is 42.7 Å². The number of hydrogen-bond donors (Lipinski definition) is 1. The summed E-state index contributed by atoms with van der Waals surface area (Å²) in [6, 6.07) is 13.7. The predicted octanol–water partition coefficient (Wildman–Crippen LogP) is 4.10. The third-order valence-electron chi connectivity index (χ3n) is 4.64. The van der Waals surface area contributed by atoms with Crippen molar-refractivity contribution in [2.24, 2.45) is 0 Å². The van der Waals surface area contributed by atoms with Crippen molar-refractivity contribution in [1.29, 1.82) is 0 Å². The van der Waals surface area contributed by atoms with Crippen molar-refractivity contribution in [2.45, 2.75) is 23.8 Å². The zero-order valence-electron chi connectivity index (χ0n) is 14.7. The minimum Gasteiger partial charge on any atom is -0.497 e. The second-order valence-corrected chi connectivity index (χ2v) is 7.37. The number of hydrogen-bond acceptors (Lipinski definition) is 4. The highest BCUT2D eigenvalue weighted by Crippen LogP contribution is 2.25. The van der Waals surface area contributed by atoms with E-state index in [2.05, 4.69) is 9.97 Å². The third kappa shape index (κ3) is 3.55. The van der Waals surface area contributed by atoms with Crippen LogP contribution in [0.3, 0.4) is 0 Å². The lowest BCUT2D eigenvalue weighted by atomic mass is 10.1. The summed E-state index contributed by atoms with van der Waals surface area (Å²) in [5, 5.41) is 0.880. The summed E-state index contributed by atoms with van der Waals surface area (Å²) in [6.07, 6.45) is 2.23. The summed E-state index contributed by atoms with van der Waals surface area (Å²) in [5.74, 6) is 1.76. The first kappa shape index (κ1) is 17.0. The third-order valence-corrected chi connectivity index (χ3v) is 5.58. The van der Waals surface area contributed by atoms with E-state index in [0.29, 0.717) is 0 Å². The predicted molar refractivity (Wildman–Crippen MR) is 104 cm³/mol. The molecule has 3 aromatic rings. The SMILES string of the molecule is COc1ccc2nc(SCc3ccc(C(=O)N4CCCC4)cc3)[nH]c2c1. The first-order valence-corrected chi connectivity index (χ1v) is 9.76. The number of likely N-dealkylation sites (tertiary alicyclic amines) is 1. The lowest BCUT2D eigenvalue weighted by Crippen LogP contribution is -2.27. The van der Waals surface area contributed by atoms with E-state index in [-0.39, 0.29) is 5.91 Å². The number of benzene rings is 2. The molecule has 1 amide bonds. The van der Waals surface area contributed by atoms with E-state index in [1.165, 1.54) is 5.56 Å². The highest BCUT2D eigenvalue weighted by atomic mass is 32.2. The lowest BCUT2D eigenvalue weighted by Gasteiger charge is -2.15. The number of carbonyl (C=O) groups excluding carboxylic acids is 1. The van der Waals surface area contributed by atoms with Crippen LogP contribution in [-0.4, -0.2) is 41.0 Å². The van der Waals surface area contributed by atoms with Crippen molar-refractivity contribution in [2.75, 3.05) is 20.2 Å². The Morgan fingerprint density at radius 3 is 2.69 bits per heavy atom. The number of thioether (sulfide) groups is 1. The fourth-order valence-corrected chi connectivity index (χ4v) is 4.00. The molecule has 0 aliphatic carbocycles. The van der Waals surface area contributed by atoms with Gasteiger partial charge in [-0.3, -0.25) is 4.79 Å². The molecule has 26 heavy (non-hydrogen) atoms. The molecule has 2 heterocycles. The number of fused-ring (bicyclic) bond motifs is 1. The summed E-state index contributed by atoms with van der Waals surface area (Å²) in [5.41, 5.74) is 3.85. The average molecular weight is 367 g/mol. The number of ether oxygens (including phenoxy) is 1. The van der Waals surface area contributed by atoms with Crippen molar-refractivity contribution >= 4 is 28.7 Å². The normalized spacial score (nSPS) is 14.1. The highest BCUT2D eigenvalue weighted by Gasteiger charge is 2.19. The second-order valence-electron chi connectivity index (χ2n) is 6.41. The van der Waals surface area contributed by atoms with Crippen LogP contribution in [0.25, 0.3) is 11.0 Å². The van der Waals surface area contributed by atoms with Gasteiger partial charge in [0.05, 0.1) is 18.1 Å². The number of amides is 1. The van der Waals surface area contributed by atoms with Crippen LogP contribution in [0.5, 0.6) is 5.75 Å². The zero-order chi connectivity index (χ0) is 17.9. The van der Waals surface area contributed by atoms with Crippen LogP contribution in [0.2, 0.25) is 0 Å². The van der Waals surface area contributed by atoms with E-state index in [0.717, 1.165) is 59.2 Å². The molecular weight excluding hydrogens is 346 g/mol. The van der Waals surface area contributed by atoms with Crippen LogP contribution < -0.4 is 4.74 Å². The number of imidazole rings is 1. The van der Waals surface area contributed by atoms with Gasteiger partial charge in [-0.25, -0.2) is 4.98 Å². The van der Waals surface area contributed by atoms with Crippen molar-refractivity contribution < 1.29 is 9.53 Å². The zero-order valence-corrected chi connectivity index (χ0v) is 15.5. The van der Waals surface area contributed by atoms with E-state index in [1.807, 2.05) is 47.4 Å². The molecule has 1 aliphatic rings. The molecule has 1 N–H and O–H groups in total. The molecule has 4 rings (SSSR count). The summed E-state index contributed by atoms with van der Waals surface area (Å²) in [7, 11) is 1.66. The second kappa shape index (κ2) is 7.41. The van der Waals surface area contributed by atoms with E-state index >= 15 is 0 Å². The molecular formula is C20H21N3O2S. The van der Waals surface area contributed by atoms with Gasteiger partial charge in [0, 0.05) is 30.5 Å². The Balaban J connectivity index is 1.40. The van der Waals surface area contributed by atoms with Gasteiger partial charge in [0.25, 0.3) is 5.91 Å². The lowest BCUT2D eigenvalue weighted by molar-refractivity contribution is 0.0793. The van der Waals surface area contributed by atoms with E-state index in [1.54, 1.807) is 18.9 Å². The highest BCUT2D eigenvalue weighted by molar-refractivity contribution is 7.98. The van der Waals surface area contributed by atoms with Gasteiger partial charge in [0.1, 0.15) is 5.75 Å². The number of rotatable bonds is 5. The first-order chi connectivity index (χ1) is 12.7. The summed E-state index contributed by atoms with van der Waals surface area (Å²) < 4.78 is 5.24. The molecule has 0 saturated carbocycles. The summed E-state index contributed by atoms with van der Waals surface area (Å²) in [4.78, 5) is 22.2. The molecule has 0 bridgehead atoms. The van der Waals surface area contributed by atoms with Crippen molar-refractivity contribution in [3.05, 3.63) is 53.6 Å². The average Bonchev–Trinajstić information content (AvgIpc) is 3.35. The van der Waals surface area contributed by atoms with Crippen molar-refractivity contribution in [3.63, 3.8) is 0 Å². The van der Waals surface area contributed by atoms with Crippen molar-refractivity contribution in [1.82, 2.24) is 14.9 Å². The Hall–Kier alpha value is -2.47. The van der Waals surface area contributed by atoms with Crippen LogP contribution in [0.4, 0.5) is 0 Å². The monoisotopic (exact) mass is 367 g/mol. The molecule has 0 unspecified atom stereocenters. The van der Waals surface area contributed by atoms with Crippen LogP contribution in [-0.2, 0) is 5.75 Å². The van der Waals surface area contributed by atoms with E-state index in [4.69, 9.17) is 4.74 Å². The molecule has 134 valence electrons. The van der Waals surface area contributed by atoms with Gasteiger partial charge in [0.2, 0.25) is 0 Å². The number of H-pyrrole nitrogens is 1. The summed E-state index contributed by atoms with van der Waals surface area (Å²) >= 11 is 1.65. The minimum atomic E-state index is 0.146. The molecule has 2 aromatic carbocycles.